The number of imide groups is 1. The van der Waals surface area contributed by atoms with Gasteiger partial charge in [-0.05, 0) is 5.56 Å². The van der Waals surface area contributed by atoms with E-state index in [0.29, 0.717) is 28.3 Å². The Labute approximate surface area is 157 Å². The van der Waals surface area contributed by atoms with Gasteiger partial charge in [0.1, 0.15) is 17.2 Å². The molecule has 0 fully saturated rings. The van der Waals surface area contributed by atoms with Crippen LogP contribution in [0.4, 0.5) is 5.69 Å². The van der Waals surface area contributed by atoms with Gasteiger partial charge in [-0.2, -0.15) is 0 Å². The van der Waals surface area contributed by atoms with E-state index in [2.05, 4.69) is 11.9 Å². The zero-order valence-electron chi connectivity index (χ0n) is 15.2. The lowest BCUT2D eigenvalue weighted by molar-refractivity contribution is -0.136. The highest BCUT2D eigenvalue weighted by Crippen LogP contribution is 2.32. The Morgan fingerprint density at radius 1 is 1.00 bits per heavy atom. The molecular weight excluding hydrogens is 344 g/mol. The van der Waals surface area contributed by atoms with Gasteiger partial charge in [-0.1, -0.05) is 36.4 Å². The number of carbonyl (C=O) groups excluding carboxylic acids is 2. The van der Waals surface area contributed by atoms with Gasteiger partial charge >= 0.3 is 0 Å². The van der Waals surface area contributed by atoms with E-state index in [1.54, 1.807) is 44.6 Å². The number of amides is 2. The maximum Gasteiger partial charge on any atom is 0.278 e. The van der Waals surface area contributed by atoms with E-state index < -0.39 is 5.91 Å². The summed E-state index contributed by atoms with van der Waals surface area (Å²) in [6.45, 7) is 3.77. The summed E-state index contributed by atoms with van der Waals surface area (Å²) in [5.74, 6) is 0.376. The summed E-state index contributed by atoms with van der Waals surface area (Å²) in [4.78, 5) is 26.9. The molecule has 1 N–H and O–H groups in total. The van der Waals surface area contributed by atoms with Gasteiger partial charge in [-0.15, -0.1) is 6.58 Å². The zero-order valence-corrected chi connectivity index (χ0v) is 15.2. The van der Waals surface area contributed by atoms with Crippen LogP contribution in [0.2, 0.25) is 0 Å². The van der Waals surface area contributed by atoms with Crippen molar-refractivity contribution in [2.24, 2.45) is 0 Å². The third-order valence-corrected chi connectivity index (χ3v) is 4.16. The quantitative estimate of drug-likeness (QED) is 0.604. The first-order chi connectivity index (χ1) is 13.1. The molecule has 6 nitrogen and oxygen atoms in total. The summed E-state index contributed by atoms with van der Waals surface area (Å²) < 4.78 is 10.5. The summed E-state index contributed by atoms with van der Waals surface area (Å²) in [6, 6.07) is 14.3. The molecule has 2 aromatic rings. The minimum atomic E-state index is -0.402. The Kier molecular flexibility index (Phi) is 5.26. The van der Waals surface area contributed by atoms with Crippen molar-refractivity contribution < 1.29 is 19.1 Å². The lowest BCUT2D eigenvalue weighted by Crippen LogP contribution is -2.32. The molecule has 1 heterocycles. The zero-order chi connectivity index (χ0) is 19.4. The molecule has 138 valence electrons. The fourth-order valence-corrected chi connectivity index (χ4v) is 2.88. The summed E-state index contributed by atoms with van der Waals surface area (Å²) in [6.07, 6.45) is 1.52. The van der Waals surface area contributed by atoms with Crippen LogP contribution in [0, 0.1) is 0 Å². The van der Waals surface area contributed by atoms with Gasteiger partial charge in [0.05, 0.1) is 19.8 Å². The average molecular weight is 364 g/mol. The second-order valence-corrected chi connectivity index (χ2v) is 5.85. The summed E-state index contributed by atoms with van der Waals surface area (Å²) in [5, 5.41) is 3.08. The van der Waals surface area contributed by atoms with Crippen LogP contribution in [0.15, 0.2) is 66.9 Å². The van der Waals surface area contributed by atoms with E-state index in [1.165, 1.54) is 6.08 Å². The first-order valence-corrected chi connectivity index (χ1v) is 8.36. The molecule has 1 aliphatic heterocycles. The number of nitrogens with one attached hydrogen (secondary N) is 1. The van der Waals surface area contributed by atoms with E-state index >= 15 is 0 Å². The third kappa shape index (κ3) is 3.55. The molecule has 0 spiro atoms. The van der Waals surface area contributed by atoms with E-state index in [9.17, 15) is 9.59 Å². The highest BCUT2D eigenvalue weighted by molar-refractivity contribution is 6.36. The van der Waals surface area contributed by atoms with Gasteiger partial charge in [0.2, 0.25) is 0 Å². The molecule has 2 aromatic carbocycles. The molecule has 0 saturated heterocycles. The van der Waals surface area contributed by atoms with Crippen LogP contribution < -0.4 is 14.8 Å². The molecule has 6 heteroatoms. The summed E-state index contributed by atoms with van der Waals surface area (Å²) in [7, 11) is 3.09. The van der Waals surface area contributed by atoms with Crippen molar-refractivity contribution in [3.05, 3.63) is 72.4 Å². The monoisotopic (exact) mass is 364 g/mol. The van der Waals surface area contributed by atoms with E-state index in [1.807, 2.05) is 18.2 Å². The molecule has 27 heavy (non-hydrogen) atoms. The van der Waals surface area contributed by atoms with Gasteiger partial charge in [-0.3, -0.25) is 14.5 Å². The predicted octanol–water partition coefficient (Wildman–Crippen LogP) is 3.08. The van der Waals surface area contributed by atoms with Crippen molar-refractivity contribution in [3.8, 4) is 11.5 Å². The van der Waals surface area contributed by atoms with Gasteiger partial charge in [-0.25, -0.2) is 0 Å². The predicted molar refractivity (Wildman–Crippen MR) is 103 cm³/mol. The Hall–Kier alpha value is -3.54. The van der Waals surface area contributed by atoms with E-state index in [-0.39, 0.29) is 18.1 Å². The van der Waals surface area contributed by atoms with Crippen LogP contribution in [0.5, 0.6) is 11.5 Å². The molecule has 0 unspecified atom stereocenters. The van der Waals surface area contributed by atoms with Crippen molar-refractivity contribution in [1.29, 1.82) is 0 Å². The Balaban J connectivity index is 2.08. The average Bonchev–Trinajstić information content (AvgIpc) is 2.93. The van der Waals surface area contributed by atoms with Gasteiger partial charge in [0.15, 0.2) is 0 Å². The molecule has 1 aliphatic rings. The van der Waals surface area contributed by atoms with Gasteiger partial charge < -0.3 is 14.8 Å². The molecule has 0 aromatic heterocycles. The first kappa shape index (κ1) is 18.3. The molecule has 2 amide bonds. The Morgan fingerprint density at radius 2 is 1.63 bits per heavy atom. The standard InChI is InChI=1S/C21H20N2O4/c1-4-10-23-20(24)18(14-8-6-5-7-9-14)19(21(23)25)22-15-11-16(26-2)13-17(12-15)27-3/h4-9,11-13,22H,1,10H2,2-3H3. The third-order valence-electron chi connectivity index (χ3n) is 4.16. The normalized spacial score (nSPS) is 13.8. The number of ether oxygens (including phenoxy) is 2. The highest BCUT2D eigenvalue weighted by atomic mass is 16.5. The number of nitrogens with zero attached hydrogens (tertiary/aromatic N) is 1. The Morgan fingerprint density at radius 3 is 2.19 bits per heavy atom. The maximum absolute atomic E-state index is 12.9. The van der Waals surface area contributed by atoms with Crippen molar-refractivity contribution in [2.45, 2.75) is 0 Å². The second-order valence-electron chi connectivity index (χ2n) is 5.85. The molecule has 0 atom stereocenters. The fourth-order valence-electron chi connectivity index (χ4n) is 2.88. The van der Waals surface area contributed by atoms with Crippen molar-refractivity contribution in [2.75, 3.05) is 26.1 Å². The van der Waals surface area contributed by atoms with Crippen LogP contribution in [-0.2, 0) is 9.59 Å². The molecule has 0 saturated carbocycles. The van der Waals surface area contributed by atoms with Crippen LogP contribution in [0.1, 0.15) is 5.56 Å². The van der Waals surface area contributed by atoms with Crippen LogP contribution in [0.25, 0.3) is 5.57 Å². The van der Waals surface area contributed by atoms with Crippen LogP contribution in [-0.4, -0.2) is 37.5 Å². The minimum Gasteiger partial charge on any atom is -0.497 e. The number of carbonyl (C=O) groups is 2. The molecule has 0 aliphatic carbocycles. The van der Waals surface area contributed by atoms with Gasteiger partial charge in [0, 0.05) is 30.4 Å². The summed E-state index contributed by atoms with van der Waals surface area (Å²) >= 11 is 0. The van der Waals surface area contributed by atoms with Crippen molar-refractivity contribution in [3.63, 3.8) is 0 Å². The molecular formula is C21H20N2O4. The maximum atomic E-state index is 12.9. The molecule has 3 rings (SSSR count). The number of methoxy groups -OCH3 is 2. The molecule has 0 radical (unpaired) electrons. The smallest absolute Gasteiger partial charge is 0.278 e. The SMILES string of the molecule is C=CCN1C(=O)C(Nc2cc(OC)cc(OC)c2)=C(c2ccccc2)C1=O. The lowest BCUT2D eigenvalue weighted by atomic mass is 10.0. The lowest BCUT2D eigenvalue weighted by Gasteiger charge is -2.13. The number of hydrogen-bond donors (Lipinski definition) is 1. The molecule has 0 bridgehead atoms. The highest BCUT2D eigenvalue weighted by Gasteiger charge is 2.38. The van der Waals surface area contributed by atoms with E-state index in [0.717, 1.165) is 4.90 Å². The minimum absolute atomic E-state index is 0.139. The van der Waals surface area contributed by atoms with Crippen molar-refractivity contribution in [1.82, 2.24) is 4.90 Å². The number of hydrogen-bond acceptors (Lipinski definition) is 5. The number of benzene rings is 2. The summed E-state index contributed by atoms with van der Waals surface area (Å²) in [5.41, 5.74) is 1.78. The van der Waals surface area contributed by atoms with E-state index in [4.69, 9.17) is 9.47 Å². The first-order valence-electron chi connectivity index (χ1n) is 8.36. The topological polar surface area (TPSA) is 67.9 Å². The van der Waals surface area contributed by atoms with Gasteiger partial charge in [0.25, 0.3) is 11.8 Å². The van der Waals surface area contributed by atoms with Crippen molar-refractivity contribution >= 4 is 23.1 Å². The fraction of sp³-hybridized carbons (Fsp3) is 0.143. The number of rotatable bonds is 7. The van der Waals surface area contributed by atoms with Crippen LogP contribution >= 0.6 is 0 Å². The number of anilines is 1. The second kappa shape index (κ2) is 7.78. The Bertz CT molecular complexity index is 897. The van der Waals surface area contributed by atoms with Crippen LogP contribution in [0.3, 0.4) is 0 Å². The largest absolute Gasteiger partial charge is 0.497 e.